The van der Waals surface area contributed by atoms with Crippen LogP contribution in [0.4, 0.5) is 0 Å². The van der Waals surface area contributed by atoms with Crippen molar-refractivity contribution in [1.29, 1.82) is 0 Å². The lowest BCUT2D eigenvalue weighted by Gasteiger charge is -2.33. The highest BCUT2D eigenvalue weighted by molar-refractivity contribution is 5.69. The Bertz CT molecular complexity index is 934. The fourth-order valence-corrected chi connectivity index (χ4v) is 4.50. The molecule has 212 valence electrons. The first-order valence-electron chi connectivity index (χ1n) is 13.8. The number of nitrogens with one attached hydrogen (secondary N) is 1. The topological polar surface area (TPSA) is 77.0 Å². The zero-order valence-electron chi connectivity index (χ0n) is 24.3. The number of ether oxygens (including phenoxy) is 2. The van der Waals surface area contributed by atoms with Crippen LogP contribution in [-0.2, 0) is 14.4 Å². The van der Waals surface area contributed by atoms with E-state index in [4.69, 9.17) is 14.3 Å². The van der Waals surface area contributed by atoms with Gasteiger partial charge in [-0.15, -0.1) is 0 Å². The fraction of sp³-hybridized carbons (Fsp3) is 0.594. The van der Waals surface area contributed by atoms with Crippen molar-refractivity contribution in [3.63, 3.8) is 0 Å². The number of hydrogen-bond acceptors (Lipinski definition) is 6. The lowest BCUT2D eigenvalue weighted by atomic mass is 9.77. The molecular formula is C32H49NO5. The number of benzene rings is 1. The standard InChI is InChI=1S/C32H49NO5/c1-30(2,25-29(35)36-6)22-24-38-33-27-17-10-12-20-32(27,5)21-13-11-18-28(34)31(3,4)19-14-23-37-26-15-8-7-9-16-26/h7-9,11,13,15-18,21,28,33-34H,10,12,14,19-20,22-25H2,1-6H3/t28-,32-/m0/s1. The van der Waals surface area contributed by atoms with Crippen molar-refractivity contribution in [1.82, 2.24) is 5.48 Å². The minimum absolute atomic E-state index is 0.167. The van der Waals surface area contributed by atoms with Crippen molar-refractivity contribution >= 4 is 5.97 Å². The molecule has 0 heterocycles. The van der Waals surface area contributed by atoms with Gasteiger partial charge >= 0.3 is 5.97 Å². The summed E-state index contributed by atoms with van der Waals surface area (Å²) >= 11 is 0. The van der Waals surface area contributed by atoms with Crippen molar-refractivity contribution in [2.45, 2.75) is 85.7 Å². The number of rotatable bonds is 16. The summed E-state index contributed by atoms with van der Waals surface area (Å²) in [5.74, 6) is 0.678. The van der Waals surface area contributed by atoms with Crippen molar-refractivity contribution in [2.24, 2.45) is 16.2 Å². The monoisotopic (exact) mass is 527 g/mol. The van der Waals surface area contributed by atoms with Crippen LogP contribution in [0, 0.1) is 16.2 Å². The van der Waals surface area contributed by atoms with E-state index in [0.717, 1.165) is 50.0 Å². The fourth-order valence-electron chi connectivity index (χ4n) is 4.50. The third-order valence-corrected chi connectivity index (χ3v) is 7.42. The number of aliphatic hydroxyl groups excluding tert-OH is 1. The Labute approximate surface area is 230 Å². The van der Waals surface area contributed by atoms with Crippen molar-refractivity contribution < 1.29 is 24.2 Å². The first kappa shape index (κ1) is 31.6. The average Bonchev–Trinajstić information content (AvgIpc) is 2.88. The average molecular weight is 528 g/mol. The van der Waals surface area contributed by atoms with E-state index in [1.165, 1.54) is 7.11 Å². The molecule has 0 radical (unpaired) electrons. The first-order valence-corrected chi connectivity index (χ1v) is 13.8. The maximum absolute atomic E-state index is 11.6. The Hall–Kier alpha value is -2.57. The van der Waals surface area contributed by atoms with E-state index >= 15 is 0 Å². The second-order valence-electron chi connectivity index (χ2n) is 12.0. The second-order valence-corrected chi connectivity index (χ2v) is 12.0. The molecule has 2 atom stereocenters. The van der Waals surface area contributed by atoms with Gasteiger partial charge in [-0.1, -0.05) is 83.2 Å². The molecule has 0 unspecified atom stereocenters. The summed E-state index contributed by atoms with van der Waals surface area (Å²) in [6.07, 6.45) is 15.7. The number of para-hydroxylation sites is 1. The van der Waals surface area contributed by atoms with Crippen LogP contribution < -0.4 is 10.2 Å². The minimum atomic E-state index is -0.548. The van der Waals surface area contributed by atoms with Crippen LogP contribution in [0.5, 0.6) is 5.75 Å². The van der Waals surface area contributed by atoms with Crippen LogP contribution in [0.2, 0.25) is 0 Å². The van der Waals surface area contributed by atoms with E-state index in [1.807, 2.05) is 62.4 Å². The summed E-state index contributed by atoms with van der Waals surface area (Å²) in [6.45, 7) is 11.6. The van der Waals surface area contributed by atoms with Gasteiger partial charge in [0.2, 0.25) is 0 Å². The van der Waals surface area contributed by atoms with Gasteiger partial charge in [-0.25, -0.2) is 0 Å². The van der Waals surface area contributed by atoms with Crippen LogP contribution in [0.3, 0.4) is 0 Å². The SMILES string of the molecule is COC(=O)CC(C)(C)CCONC1=CCCC[C@@]1(C)C=CC=C[C@H](O)C(C)(C)CCCOc1ccccc1. The summed E-state index contributed by atoms with van der Waals surface area (Å²) in [4.78, 5) is 17.4. The Kier molecular flexibility index (Phi) is 12.6. The predicted octanol–water partition coefficient (Wildman–Crippen LogP) is 6.92. The molecule has 1 aliphatic carbocycles. The summed E-state index contributed by atoms with van der Waals surface area (Å²) in [6, 6.07) is 9.82. The number of methoxy groups -OCH3 is 1. The van der Waals surface area contributed by atoms with Crippen molar-refractivity contribution in [3.8, 4) is 5.75 Å². The molecule has 0 spiro atoms. The molecule has 0 bridgehead atoms. The molecule has 6 heteroatoms. The lowest BCUT2D eigenvalue weighted by Crippen LogP contribution is -2.31. The van der Waals surface area contributed by atoms with Crippen LogP contribution in [0.25, 0.3) is 0 Å². The lowest BCUT2D eigenvalue weighted by molar-refractivity contribution is -0.143. The number of hydroxylamine groups is 1. The third-order valence-electron chi connectivity index (χ3n) is 7.42. The number of carbonyl (C=O) groups is 1. The Morgan fingerprint density at radius 1 is 1.13 bits per heavy atom. The number of aliphatic hydroxyl groups is 1. The van der Waals surface area contributed by atoms with Gasteiger partial charge in [-0.05, 0) is 61.5 Å². The number of hydrogen-bond donors (Lipinski definition) is 2. The molecule has 0 saturated carbocycles. The van der Waals surface area contributed by atoms with Crippen molar-refractivity contribution in [2.75, 3.05) is 20.3 Å². The zero-order chi connectivity index (χ0) is 28.1. The molecule has 38 heavy (non-hydrogen) atoms. The maximum atomic E-state index is 11.6. The normalized spacial score (nSPS) is 19.4. The molecule has 0 aliphatic heterocycles. The van der Waals surface area contributed by atoms with Crippen LogP contribution in [0.15, 0.2) is 66.4 Å². The predicted molar refractivity (Wildman–Crippen MR) is 153 cm³/mol. The smallest absolute Gasteiger partial charge is 0.306 e. The van der Waals surface area contributed by atoms with E-state index in [2.05, 4.69) is 38.4 Å². The summed E-state index contributed by atoms with van der Waals surface area (Å²) in [5, 5.41) is 10.8. The third kappa shape index (κ3) is 11.0. The van der Waals surface area contributed by atoms with E-state index in [-0.39, 0.29) is 22.2 Å². The number of carbonyl (C=O) groups excluding carboxylic acids is 1. The minimum Gasteiger partial charge on any atom is -0.494 e. The van der Waals surface area contributed by atoms with E-state index in [1.54, 1.807) is 0 Å². The van der Waals surface area contributed by atoms with Gasteiger partial charge in [-0.2, -0.15) is 0 Å². The summed E-state index contributed by atoms with van der Waals surface area (Å²) < 4.78 is 10.6. The highest BCUT2D eigenvalue weighted by Gasteiger charge is 2.29. The van der Waals surface area contributed by atoms with Gasteiger partial charge < -0.3 is 14.6 Å². The summed E-state index contributed by atoms with van der Waals surface area (Å²) in [5.41, 5.74) is 3.63. The van der Waals surface area contributed by atoms with Gasteiger partial charge in [0.25, 0.3) is 0 Å². The van der Waals surface area contributed by atoms with E-state index < -0.39 is 6.10 Å². The molecule has 1 aliphatic rings. The Morgan fingerprint density at radius 3 is 2.58 bits per heavy atom. The molecule has 0 aromatic heterocycles. The quantitative estimate of drug-likeness (QED) is 0.105. The van der Waals surface area contributed by atoms with Gasteiger partial charge in [0.1, 0.15) is 5.75 Å². The Balaban J connectivity index is 1.81. The first-order chi connectivity index (χ1) is 18.0. The number of esters is 1. The zero-order valence-corrected chi connectivity index (χ0v) is 24.3. The highest BCUT2D eigenvalue weighted by atomic mass is 16.6. The molecule has 0 fully saturated rings. The van der Waals surface area contributed by atoms with Gasteiger partial charge in [-0.3, -0.25) is 15.1 Å². The molecule has 0 amide bonds. The Morgan fingerprint density at radius 2 is 1.87 bits per heavy atom. The van der Waals surface area contributed by atoms with E-state index in [0.29, 0.717) is 19.6 Å². The molecule has 0 saturated heterocycles. The van der Waals surface area contributed by atoms with Crippen LogP contribution in [-0.4, -0.2) is 37.5 Å². The second kappa shape index (κ2) is 15.1. The largest absolute Gasteiger partial charge is 0.494 e. The highest BCUT2D eigenvalue weighted by Crippen LogP contribution is 2.37. The molecule has 1 aromatic carbocycles. The molecule has 2 N–H and O–H groups in total. The van der Waals surface area contributed by atoms with Gasteiger partial charge in [0.15, 0.2) is 0 Å². The van der Waals surface area contributed by atoms with Gasteiger partial charge in [0, 0.05) is 11.1 Å². The molecule has 2 rings (SSSR count). The van der Waals surface area contributed by atoms with Crippen molar-refractivity contribution in [3.05, 3.63) is 66.4 Å². The molecular weight excluding hydrogens is 478 g/mol. The molecule has 6 nitrogen and oxygen atoms in total. The van der Waals surface area contributed by atoms with Crippen LogP contribution in [0.1, 0.15) is 79.6 Å². The van der Waals surface area contributed by atoms with Gasteiger partial charge in [0.05, 0.1) is 32.8 Å². The van der Waals surface area contributed by atoms with E-state index in [9.17, 15) is 9.90 Å². The van der Waals surface area contributed by atoms with Crippen LogP contribution >= 0.6 is 0 Å². The maximum Gasteiger partial charge on any atom is 0.306 e. The molecule has 1 aromatic rings. The summed E-state index contributed by atoms with van der Waals surface area (Å²) in [7, 11) is 1.42. The number of allylic oxidation sites excluding steroid dienone is 4.